The highest BCUT2D eigenvalue weighted by molar-refractivity contribution is 5.73. The Balaban J connectivity index is 1.43. The van der Waals surface area contributed by atoms with Gasteiger partial charge in [0.15, 0.2) is 0 Å². The van der Waals surface area contributed by atoms with Crippen molar-refractivity contribution in [2.45, 2.75) is 52.0 Å². The van der Waals surface area contributed by atoms with Gasteiger partial charge in [-0.25, -0.2) is 0 Å². The minimum Gasteiger partial charge on any atom is -0.429 e. The molecule has 42 heavy (non-hydrogen) atoms. The van der Waals surface area contributed by atoms with E-state index < -0.39 is 0 Å². The Kier molecular flexibility index (Phi) is 9.85. The lowest BCUT2D eigenvalue weighted by atomic mass is 9.97. The van der Waals surface area contributed by atoms with E-state index in [1.165, 1.54) is 33.6 Å². The van der Waals surface area contributed by atoms with Gasteiger partial charge >= 0.3 is 0 Å². The van der Waals surface area contributed by atoms with Crippen molar-refractivity contribution in [3.8, 4) is 28.0 Å². The standard InChI is InChI=1S/C39H39NO2/c1-3-8-36(12-7-11-31-9-5-4-6-10-31)40(37-23-17-33(18-24-37)32-15-13-30(2)14-16-32)38-25-19-34(20-26-38)35-21-27-39(28-22-35)42-29-41/h4-6,9-10,13-29,36H,3,7-8,11-12H2,1-2H3. The van der Waals surface area contributed by atoms with Crippen LogP contribution in [0.25, 0.3) is 22.3 Å². The number of anilines is 2. The van der Waals surface area contributed by atoms with Crippen LogP contribution >= 0.6 is 0 Å². The van der Waals surface area contributed by atoms with Gasteiger partial charge < -0.3 is 9.64 Å². The number of aryl methyl sites for hydroxylation is 2. The molecule has 5 rings (SSSR count). The first kappa shape index (κ1) is 28.9. The van der Waals surface area contributed by atoms with E-state index in [0.717, 1.165) is 43.2 Å². The third kappa shape index (κ3) is 7.36. The zero-order valence-electron chi connectivity index (χ0n) is 24.6. The van der Waals surface area contributed by atoms with Crippen molar-refractivity contribution in [2.75, 3.05) is 4.90 Å². The van der Waals surface area contributed by atoms with Crippen molar-refractivity contribution >= 4 is 17.8 Å². The van der Waals surface area contributed by atoms with E-state index in [1.807, 2.05) is 24.3 Å². The van der Waals surface area contributed by atoms with Crippen molar-refractivity contribution in [1.82, 2.24) is 0 Å². The minimum atomic E-state index is 0.384. The number of benzene rings is 5. The molecule has 0 saturated carbocycles. The van der Waals surface area contributed by atoms with Crippen molar-refractivity contribution in [3.63, 3.8) is 0 Å². The van der Waals surface area contributed by atoms with Gasteiger partial charge in [-0.1, -0.05) is 110 Å². The number of carbonyl (C=O) groups excluding carboxylic acids is 1. The fourth-order valence-corrected chi connectivity index (χ4v) is 5.65. The van der Waals surface area contributed by atoms with Crippen LogP contribution in [0, 0.1) is 6.92 Å². The number of hydrogen-bond acceptors (Lipinski definition) is 3. The van der Waals surface area contributed by atoms with Gasteiger partial charge in [0.05, 0.1) is 0 Å². The average molecular weight is 554 g/mol. The maximum absolute atomic E-state index is 10.7. The van der Waals surface area contributed by atoms with Gasteiger partial charge in [0.1, 0.15) is 5.75 Å². The molecule has 1 atom stereocenters. The van der Waals surface area contributed by atoms with Crippen molar-refractivity contribution in [3.05, 3.63) is 139 Å². The molecule has 0 aliphatic carbocycles. The van der Waals surface area contributed by atoms with E-state index in [2.05, 4.69) is 122 Å². The smallest absolute Gasteiger partial charge is 0.298 e. The number of carbonyl (C=O) groups is 1. The highest BCUT2D eigenvalue weighted by Gasteiger charge is 2.21. The van der Waals surface area contributed by atoms with Crippen molar-refractivity contribution in [1.29, 1.82) is 0 Å². The first-order valence-electron chi connectivity index (χ1n) is 15.0. The van der Waals surface area contributed by atoms with Crippen LogP contribution in [-0.4, -0.2) is 12.5 Å². The highest BCUT2D eigenvalue weighted by atomic mass is 16.5. The Hall–Kier alpha value is -4.63. The summed E-state index contributed by atoms with van der Waals surface area (Å²) in [6, 6.07) is 45.4. The summed E-state index contributed by atoms with van der Waals surface area (Å²) < 4.78 is 4.96. The second kappa shape index (κ2) is 14.3. The summed E-state index contributed by atoms with van der Waals surface area (Å²) in [5, 5.41) is 0. The molecular formula is C39H39NO2. The lowest BCUT2D eigenvalue weighted by molar-refractivity contribution is -0.120. The monoisotopic (exact) mass is 553 g/mol. The molecule has 0 spiro atoms. The maximum atomic E-state index is 10.7. The van der Waals surface area contributed by atoms with Gasteiger partial charge in [-0.05, 0) is 96.8 Å². The number of hydrogen-bond donors (Lipinski definition) is 0. The molecule has 0 saturated heterocycles. The molecule has 1 unspecified atom stereocenters. The molecule has 0 aromatic heterocycles. The van der Waals surface area contributed by atoms with Crippen LogP contribution in [0.1, 0.15) is 43.7 Å². The first-order chi connectivity index (χ1) is 20.6. The summed E-state index contributed by atoms with van der Waals surface area (Å²) in [6.07, 6.45) is 5.59. The quantitative estimate of drug-likeness (QED) is 0.136. The third-order valence-electron chi connectivity index (χ3n) is 7.88. The second-order valence-electron chi connectivity index (χ2n) is 10.9. The lowest BCUT2D eigenvalue weighted by Gasteiger charge is -2.34. The second-order valence-corrected chi connectivity index (χ2v) is 10.9. The molecular weight excluding hydrogens is 514 g/mol. The summed E-state index contributed by atoms with van der Waals surface area (Å²) >= 11 is 0. The number of rotatable bonds is 13. The fourth-order valence-electron chi connectivity index (χ4n) is 5.65. The Morgan fingerprint density at radius 2 is 1.14 bits per heavy atom. The maximum Gasteiger partial charge on any atom is 0.298 e. The van der Waals surface area contributed by atoms with Gasteiger partial charge in [0.2, 0.25) is 0 Å². The van der Waals surface area contributed by atoms with Crippen molar-refractivity contribution in [2.24, 2.45) is 0 Å². The molecule has 0 heterocycles. The minimum absolute atomic E-state index is 0.384. The number of ether oxygens (including phenoxy) is 1. The van der Waals surface area contributed by atoms with Crippen molar-refractivity contribution < 1.29 is 9.53 Å². The molecule has 0 fully saturated rings. The highest BCUT2D eigenvalue weighted by Crippen LogP contribution is 2.35. The SMILES string of the molecule is CCCC(CCCc1ccccc1)N(c1ccc(-c2ccc(C)cc2)cc1)c1ccc(-c2ccc(OC=O)cc2)cc1. The zero-order valence-corrected chi connectivity index (χ0v) is 24.6. The summed E-state index contributed by atoms with van der Waals surface area (Å²) in [4.78, 5) is 13.2. The summed E-state index contributed by atoms with van der Waals surface area (Å²) in [5.41, 5.74) is 9.76. The number of nitrogens with zero attached hydrogens (tertiary/aromatic N) is 1. The molecule has 0 aliphatic rings. The van der Waals surface area contributed by atoms with E-state index in [0.29, 0.717) is 18.3 Å². The largest absolute Gasteiger partial charge is 0.429 e. The molecule has 0 radical (unpaired) electrons. The van der Waals surface area contributed by atoms with Crippen LogP contribution in [0.2, 0.25) is 0 Å². The van der Waals surface area contributed by atoms with Crippen LogP contribution in [0.5, 0.6) is 5.75 Å². The predicted octanol–water partition coefficient (Wildman–Crippen LogP) is 10.2. The summed E-state index contributed by atoms with van der Waals surface area (Å²) in [6.45, 7) is 4.86. The lowest BCUT2D eigenvalue weighted by Crippen LogP contribution is -2.31. The molecule has 0 bridgehead atoms. The Morgan fingerprint density at radius 3 is 1.64 bits per heavy atom. The Labute approximate surface area is 250 Å². The van der Waals surface area contributed by atoms with Gasteiger partial charge in [0.25, 0.3) is 6.47 Å². The third-order valence-corrected chi connectivity index (χ3v) is 7.88. The average Bonchev–Trinajstić information content (AvgIpc) is 3.03. The van der Waals surface area contributed by atoms with E-state index >= 15 is 0 Å². The molecule has 212 valence electrons. The molecule has 0 N–H and O–H groups in total. The Bertz CT molecular complexity index is 1520. The topological polar surface area (TPSA) is 29.5 Å². The first-order valence-corrected chi connectivity index (χ1v) is 15.0. The van der Waals surface area contributed by atoms with Gasteiger partial charge in [-0.3, -0.25) is 4.79 Å². The molecule has 0 aliphatic heterocycles. The molecule has 5 aromatic rings. The van der Waals surface area contributed by atoms with Gasteiger partial charge in [-0.2, -0.15) is 0 Å². The molecule has 3 nitrogen and oxygen atoms in total. The molecule has 3 heteroatoms. The van der Waals surface area contributed by atoms with E-state index in [9.17, 15) is 4.79 Å². The van der Waals surface area contributed by atoms with E-state index in [4.69, 9.17) is 4.74 Å². The van der Waals surface area contributed by atoms with Gasteiger partial charge in [0, 0.05) is 17.4 Å². The van der Waals surface area contributed by atoms with Gasteiger partial charge in [-0.15, -0.1) is 0 Å². The van der Waals surface area contributed by atoms with Crippen LogP contribution in [-0.2, 0) is 11.2 Å². The van der Waals surface area contributed by atoms with Crippen LogP contribution in [0.3, 0.4) is 0 Å². The van der Waals surface area contributed by atoms with E-state index in [-0.39, 0.29) is 0 Å². The zero-order chi connectivity index (χ0) is 29.1. The summed E-state index contributed by atoms with van der Waals surface area (Å²) in [7, 11) is 0. The van der Waals surface area contributed by atoms with Crippen LogP contribution in [0.4, 0.5) is 11.4 Å². The van der Waals surface area contributed by atoms with Crippen LogP contribution < -0.4 is 9.64 Å². The normalized spacial score (nSPS) is 11.6. The van der Waals surface area contributed by atoms with Crippen LogP contribution in [0.15, 0.2) is 127 Å². The molecule has 0 amide bonds. The predicted molar refractivity (Wildman–Crippen MR) is 175 cm³/mol. The molecule has 5 aromatic carbocycles. The fraction of sp³-hybridized carbons (Fsp3) is 0.205. The Morgan fingerprint density at radius 1 is 0.643 bits per heavy atom. The van der Waals surface area contributed by atoms with E-state index in [1.54, 1.807) is 0 Å². The summed E-state index contributed by atoms with van der Waals surface area (Å²) in [5.74, 6) is 0.545.